The first-order valence-corrected chi connectivity index (χ1v) is 9.30. The van der Waals surface area contributed by atoms with E-state index in [1.54, 1.807) is 11.3 Å². The Hall–Kier alpha value is -1.66. The molecule has 3 aromatic heterocycles. The third-order valence-corrected chi connectivity index (χ3v) is 5.21. The number of nitrogens with zero attached hydrogens (tertiary/aromatic N) is 3. The van der Waals surface area contributed by atoms with Crippen molar-refractivity contribution < 1.29 is 4.79 Å². The summed E-state index contributed by atoms with van der Waals surface area (Å²) in [4.78, 5) is 21.4. The van der Waals surface area contributed by atoms with Crippen LogP contribution in [0.1, 0.15) is 37.2 Å². The quantitative estimate of drug-likeness (QED) is 0.671. The number of rotatable bonds is 6. The fraction of sp³-hybridized carbons (Fsp3) is 0.375. The van der Waals surface area contributed by atoms with Crippen LogP contribution in [-0.2, 0) is 0 Å². The zero-order valence-corrected chi connectivity index (χ0v) is 14.4. The van der Waals surface area contributed by atoms with Crippen LogP contribution in [0.25, 0.3) is 15.5 Å². The molecule has 0 aliphatic heterocycles. The molecule has 0 N–H and O–H groups in total. The Bertz CT molecular complexity index is 752. The van der Waals surface area contributed by atoms with E-state index < -0.39 is 0 Å². The van der Waals surface area contributed by atoms with Gasteiger partial charge in [-0.05, 0) is 24.3 Å². The van der Waals surface area contributed by atoms with Crippen LogP contribution < -0.4 is 0 Å². The van der Waals surface area contributed by atoms with Gasteiger partial charge >= 0.3 is 0 Å². The maximum atomic E-state index is 12.8. The van der Waals surface area contributed by atoms with Gasteiger partial charge in [0, 0.05) is 24.7 Å². The fourth-order valence-corrected chi connectivity index (χ4v) is 4.02. The number of aromatic nitrogens is 2. The molecular formula is C16H19N3OS2. The summed E-state index contributed by atoms with van der Waals surface area (Å²) in [5.41, 5.74) is 1.66. The summed E-state index contributed by atoms with van der Waals surface area (Å²) in [6.07, 6.45) is 3.92. The van der Waals surface area contributed by atoms with Gasteiger partial charge in [-0.2, -0.15) is 0 Å². The molecule has 1 amide bonds. The van der Waals surface area contributed by atoms with E-state index in [4.69, 9.17) is 0 Å². The maximum absolute atomic E-state index is 12.8. The van der Waals surface area contributed by atoms with E-state index in [2.05, 4.69) is 24.9 Å². The third-order valence-electron chi connectivity index (χ3n) is 3.48. The zero-order valence-electron chi connectivity index (χ0n) is 12.8. The van der Waals surface area contributed by atoms with Crippen LogP contribution in [0.3, 0.4) is 0 Å². The first-order valence-electron chi connectivity index (χ1n) is 7.54. The van der Waals surface area contributed by atoms with Crippen molar-refractivity contribution in [3.63, 3.8) is 0 Å². The fourth-order valence-electron chi connectivity index (χ4n) is 2.50. The summed E-state index contributed by atoms with van der Waals surface area (Å²) in [5, 5.41) is 3.96. The highest BCUT2D eigenvalue weighted by Crippen LogP contribution is 2.27. The molecule has 6 heteroatoms. The molecule has 0 fully saturated rings. The van der Waals surface area contributed by atoms with Crippen molar-refractivity contribution in [1.29, 1.82) is 0 Å². The predicted molar refractivity (Wildman–Crippen MR) is 92.9 cm³/mol. The van der Waals surface area contributed by atoms with Gasteiger partial charge in [-0.15, -0.1) is 22.7 Å². The lowest BCUT2D eigenvalue weighted by atomic mass is 10.3. The molecule has 116 valence electrons. The second kappa shape index (κ2) is 6.62. The summed E-state index contributed by atoms with van der Waals surface area (Å²) in [5.74, 6) is 0.102. The van der Waals surface area contributed by atoms with Gasteiger partial charge in [0.1, 0.15) is 11.4 Å². The van der Waals surface area contributed by atoms with E-state index in [0.29, 0.717) is 0 Å². The molecule has 3 heterocycles. The van der Waals surface area contributed by atoms with Crippen LogP contribution in [0.5, 0.6) is 0 Å². The number of thiazole rings is 1. The molecule has 0 aromatic carbocycles. The first kappa shape index (κ1) is 15.2. The highest BCUT2D eigenvalue weighted by Gasteiger charge is 2.20. The predicted octanol–water partition coefficient (Wildman–Crippen LogP) is 4.39. The van der Waals surface area contributed by atoms with E-state index >= 15 is 0 Å². The zero-order chi connectivity index (χ0) is 15.5. The molecule has 0 unspecified atom stereocenters. The number of imidazole rings is 1. The summed E-state index contributed by atoms with van der Waals surface area (Å²) in [6, 6.07) is 4.07. The van der Waals surface area contributed by atoms with Gasteiger partial charge in [-0.25, -0.2) is 4.98 Å². The van der Waals surface area contributed by atoms with Crippen molar-refractivity contribution in [2.75, 3.05) is 13.1 Å². The van der Waals surface area contributed by atoms with E-state index in [0.717, 1.165) is 47.2 Å². The van der Waals surface area contributed by atoms with Gasteiger partial charge < -0.3 is 4.90 Å². The molecule has 0 aliphatic rings. The lowest BCUT2D eigenvalue weighted by Crippen LogP contribution is -2.33. The van der Waals surface area contributed by atoms with Crippen LogP contribution in [0.2, 0.25) is 0 Å². The number of hydrogen-bond acceptors (Lipinski definition) is 4. The Labute approximate surface area is 138 Å². The van der Waals surface area contributed by atoms with Gasteiger partial charge in [0.25, 0.3) is 5.91 Å². The molecule has 22 heavy (non-hydrogen) atoms. The van der Waals surface area contributed by atoms with E-state index in [9.17, 15) is 4.79 Å². The Balaban J connectivity index is 1.95. The largest absolute Gasteiger partial charge is 0.337 e. The summed E-state index contributed by atoms with van der Waals surface area (Å²) in [6.45, 7) is 5.81. The Kier molecular flexibility index (Phi) is 4.59. The van der Waals surface area contributed by atoms with E-state index in [1.165, 1.54) is 11.3 Å². The number of carbonyl (C=O) groups is 1. The molecule has 0 radical (unpaired) electrons. The lowest BCUT2D eigenvalue weighted by molar-refractivity contribution is 0.0749. The monoisotopic (exact) mass is 333 g/mol. The van der Waals surface area contributed by atoms with Crippen LogP contribution in [0.4, 0.5) is 0 Å². The van der Waals surface area contributed by atoms with Crippen LogP contribution in [0.15, 0.2) is 29.1 Å². The second-order valence-electron chi connectivity index (χ2n) is 5.17. The lowest BCUT2D eigenvalue weighted by Gasteiger charge is -2.20. The average molecular weight is 333 g/mol. The molecular weight excluding hydrogens is 314 g/mol. The standard InChI is InChI=1S/C16H19N3OS2/c1-3-7-18(8-4-2)15(20)13-11-22-16-17-12(10-19(13)16)14-6-5-9-21-14/h5-6,9-11H,3-4,7-8H2,1-2H3. The smallest absolute Gasteiger partial charge is 0.271 e. The normalized spacial score (nSPS) is 11.2. The molecule has 4 nitrogen and oxygen atoms in total. The van der Waals surface area contributed by atoms with Crippen molar-refractivity contribution in [1.82, 2.24) is 14.3 Å². The van der Waals surface area contributed by atoms with Gasteiger partial charge in [0.05, 0.1) is 4.88 Å². The van der Waals surface area contributed by atoms with Gasteiger partial charge in [-0.3, -0.25) is 9.20 Å². The first-order chi connectivity index (χ1) is 10.7. The Morgan fingerprint density at radius 2 is 2.05 bits per heavy atom. The summed E-state index contributed by atoms with van der Waals surface area (Å²) < 4.78 is 1.93. The number of amides is 1. The van der Waals surface area contributed by atoms with Crippen LogP contribution >= 0.6 is 22.7 Å². The molecule has 0 atom stereocenters. The number of hydrogen-bond donors (Lipinski definition) is 0. The van der Waals surface area contributed by atoms with Crippen LogP contribution in [0, 0.1) is 0 Å². The average Bonchev–Trinajstić information content (AvgIpc) is 3.21. The minimum Gasteiger partial charge on any atom is -0.337 e. The molecule has 0 saturated heterocycles. The summed E-state index contributed by atoms with van der Waals surface area (Å²) in [7, 11) is 0. The third kappa shape index (κ3) is 2.80. The van der Waals surface area contributed by atoms with Crippen LogP contribution in [-0.4, -0.2) is 33.3 Å². The van der Waals surface area contributed by atoms with E-state index in [-0.39, 0.29) is 5.91 Å². The Morgan fingerprint density at radius 1 is 1.27 bits per heavy atom. The number of fused-ring (bicyclic) bond motifs is 1. The van der Waals surface area contributed by atoms with E-state index in [1.807, 2.05) is 32.3 Å². The molecule has 0 saturated carbocycles. The SMILES string of the molecule is CCCN(CCC)C(=O)c1csc2nc(-c3cccs3)cn12. The highest BCUT2D eigenvalue weighted by atomic mass is 32.1. The highest BCUT2D eigenvalue weighted by molar-refractivity contribution is 7.15. The number of carbonyl (C=O) groups excluding carboxylic acids is 1. The topological polar surface area (TPSA) is 37.6 Å². The molecule has 3 aromatic rings. The second-order valence-corrected chi connectivity index (χ2v) is 6.95. The molecule has 0 spiro atoms. The van der Waals surface area contributed by atoms with Crippen molar-refractivity contribution in [2.45, 2.75) is 26.7 Å². The van der Waals surface area contributed by atoms with Gasteiger partial charge in [0.15, 0.2) is 4.96 Å². The summed E-state index contributed by atoms with van der Waals surface area (Å²) >= 11 is 3.19. The van der Waals surface area contributed by atoms with Crippen molar-refractivity contribution in [3.05, 3.63) is 34.8 Å². The van der Waals surface area contributed by atoms with Gasteiger partial charge in [-0.1, -0.05) is 19.9 Å². The Morgan fingerprint density at radius 3 is 2.68 bits per heavy atom. The van der Waals surface area contributed by atoms with Crippen molar-refractivity contribution in [2.24, 2.45) is 0 Å². The minimum absolute atomic E-state index is 0.102. The van der Waals surface area contributed by atoms with Crippen molar-refractivity contribution in [3.8, 4) is 10.6 Å². The maximum Gasteiger partial charge on any atom is 0.271 e. The minimum atomic E-state index is 0.102. The number of thiophene rings is 1. The molecule has 0 aliphatic carbocycles. The molecule has 3 rings (SSSR count). The van der Waals surface area contributed by atoms with Crippen molar-refractivity contribution >= 4 is 33.5 Å². The van der Waals surface area contributed by atoms with Gasteiger partial charge in [0.2, 0.25) is 0 Å². The molecule has 0 bridgehead atoms.